The van der Waals surface area contributed by atoms with Gasteiger partial charge in [0.05, 0.1) is 34.9 Å². The number of amides is 1. The standard InChI is InChI=1S/C45H49Cl2N7O4/c1-25-20-31(21-26(2)40(25)47)58-19-9-11-32-33-13-14-34(46)39(38-28(4)48-37(49-29(38)5)24-52-17-15-50(6)16-18-52)42(33)54-27(3)23-53(44(55)43(32)54)35-12-8-10-30-22-36(45(56)57)51(7)41(30)35/h8,10,12-14,20-22,27H,9,11,15-19,23-24H2,1-7H3,(H,56,57)/t27-/m1/s1. The molecule has 6 aromatic rings. The highest BCUT2D eigenvalue weighted by molar-refractivity contribution is 6.35. The summed E-state index contributed by atoms with van der Waals surface area (Å²) in [6.07, 6.45) is 1.21. The Morgan fingerprint density at radius 3 is 2.28 bits per heavy atom. The summed E-state index contributed by atoms with van der Waals surface area (Å²) >= 11 is 13.7. The van der Waals surface area contributed by atoms with Crippen molar-refractivity contribution in [2.45, 2.75) is 60.0 Å². The number of aryl methyl sites for hydroxylation is 6. The fourth-order valence-corrected chi connectivity index (χ4v) is 9.40. The maximum atomic E-state index is 15.2. The number of para-hydroxylation sites is 1. The molecule has 11 nitrogen and oxygen atoms in total. The monoisotopic (exact) mass is 821 g/mol. The van der Waals surface area contributed by atoms with Crippen LogP contribution in [0.3, 0.4) is 0 Å². The fourth-order valence-electron chi connectivity index (χ4n) is 9.04. The zero-order valence-corrected chi connectivity index (χ0v) is 35.6. The molecule has 3 aromatic carbocycles. The Morgan fingerprint density at radius 1 is 0.914 bits per heavy atom. The molecule has 1 amide bonds. The van der Waals surface area contributed by atoms with Crippen molar-refractivity contribution in [3.8, 4) is 16.9 Å². The third-order valence-electron chi connectivity index (χ3n) is 11.9. The Labute approximate surface area is 348 Å². The Hall–Kier alpha value is -4.94. The lowest BCUT2D eigenvalue weighted by molar-refractivity contribution is 0.0687. The molecule has 302 valence electrons. The van der Waals surface area contributed by atoms with Crippen LogP contribution >= 0.6 is 23.2 Å². The van der Waals surface area contributed by atoms with E-state index in [1.807, 2.05) is 70.2 Å². The van der Waals surface area contributed by atoms with Crippen LogP contribution in [0.4, 0.5) is 5.69 Å². The van der Waals surface area contributed by atoms with Gasteiger partial charge in [-0.1, -0.05) is 41.4 Å². The summed E-state index contributed by atoms with van der Waals surface area (Å²) in [5.74, 6) is 0.360. The van der Waals surface area contributed by atoms with Gasteiger partial charge in [0.15, 0.2) is 0 Å². The van der Waals surface area contributed by atoms with E-state index in [-0.39, 0.29) is 17.6 Å². The van der Waals surface area contributed by atoms with E-state index in [4.69, 9.17) is 37.9 Å². The van der Waals surface area contributed by atoms with Gasteiger partial charge in [-0.15, -0.1) is 0 Å². The van der Waals surface area contributed by atoms with Crippen LogP contribution in [0.1, 0.15) is 74.3 Å². The molecule has 0 radical (unpaired) electrons. The Kier molecular flexibility index (Phi) is 10.8. The van der Waals surface area contributed by atoms with Gasteiger partial charge in [0.1, 0.15) is 23.0 Å². The number of nitrogens with zero attached hydrogens (tertiary/aromatic N) is 7. The maximum absolute atomic E-state index is 15.2. The van der Waals surface area contributed by atoms with Gasteiger partial charge in [0.25, 0.3) is 5.91 Å². The molecule has 13 heteroatoms. The highest BCUT2D eigenvalue weighted by atomic mass is 35.5. The second-order valence-electron chi connectivity index (χ2n) is 16.0. The molecule has 1 saturated heterocycles. The summed E-state index contributed by atoms with van der Waals surface area (Å²) in [7, 11) is 3.88. The molecule has 0 bridgehead atoms. The summed E-state index contributed by atoms with van der Waals surface area (Å²) in [6.45, 7) is 15.5. The van der Waals surface area contributed by atoms with E-state index in [1.165, 1.54) is 0 Å². The highest BCUT2D eigenvalue weighted by Gasteiger charge is 2.37. The number of hydrogen-bond donors (Lipinski definition) is 1. The van der Waals surface area contributed by atoms with Gasteiger partial charge in [-0.2, -0.15) is 0 Å². The number of aromatic carboxylic acids is 1. The molecule has 0 unspecified atom stereocenters. The number of benzene rings is 3. The van der Waals surface area contributed by atoms with Gasteiger partial charge >= 0.3 is 5.97 Å². The molecule has 2 aliphatic rings. The number of likely N-dealkylation sites (N-methyl/N-ethyl adjacent to an activating group) is 1. The van der Waals surface area contributed by atoms with Crippen molar-refractivity contribution in [2.75, 3.05) is 51.3 Å². The quantitative estimate of drug-likeness (QED) is 0.137. The van der Waals surface area contributed by atoms with Crippen LogP contribution in [0, 0.1) is 27.7 Å². The third-order valence-corrected chi connectivity index (χ3v) is 12.8. The van der Waals surface area contributed by atoms with Crippen molar-refractivity contribution in [1.82, 2.24) is 28.9 Å². The predicted octanol–water partition coefficient (Wildman–Crippen LogP) is 8.81. The number of piperazine rings is 1. The van der Waals surface area contributed by atoms with Crippen LogP contribution in [0.2, 0.25) is 10.0 Å². The van der Waals surface area contributed by atoms with Crippen LogP contribution < -0.4 is 9.64 Å². The number of carboxylic acid groups (broad SMARTS) is 1. The first-order valence-corrected chi connectivity index (χ1v) is 20.6. The molecule has 0 saturated carbocycles. The van der Waals surface area contributed by atoms with Gasteiger partial charge < -0.3 is 28.8 Å². The summed E-state index contributed by atoms with van der Waals surface area (Å²) in [5, 5.41) is 13.0. The Morgan fingerprint density at radius 2 is 1.60 bits per heavy atom. The minimum Gasteiger partial charge on any atom is -0.494 e. The molecule has 0 spiro atoms. The first-order valence-electron chi connectivity index (χ1n) is 19.9. The minimum atomic E-state index is -1.03. The van der Waals surface area contributed by atoms with Crippen molar-refractivity contribution in [3.05, 3.63) is 104 Å². The van der Waals surface area contributed by atoms with E-state index in [2.05, 4.69) is 28.3 Å². The molecule has 8 rings (SSSR count). The average molecular weight is 823 g/mol. The van der Waals surface area contributed by atoms with Gasteiger partial charge in [-0.3, -0.25) is 9.69 Å². The van der Waals surface area contributed by atoms with Gasteiger partial charge in [0, 0.05) is 84.1 Å². The van der Waals surface area contributed by atoms with Crippen molar-refractivity contribution in [3.63, 3.8) is 0 Å². The number of hydrogen-bond acceptors (Lipinski definition) is 7. The van der Waals surface area contributed by atoms with Gasteiger partial charge in [-0.25, -0.2) is 14.8 Å². The number of ether oxygens (including phenoxy) is 1. The summed E-state index contributed by atoms with van der Waals surface area (Å²) in [5.41, 5.74) is 9.18. The molecule has 2 aliphatic heterocycles. The third kappa shape index (κ3) is 7.01. The fraction of sp³-hybridized carbons (Fsp3) is 0.378. The second-order valence-corrected chi connectivity index (χ2v) is 16.8. The summed E-state index contributed by atoms with van der Waals surface area (Å²) in [6, 6.07) is 15.0. The first-order chi connectivity index (χ1) is 27.7. The number of anilines is 1. The average Bonchev–Trinajstić information content (AvgIpc) is 3.70. The number of carbonyl (C=O) groups is 2. The molecular formula is C45H49Cl2N7O4. The lowest BCUT2D eigenvalue weighted by Crippen LogP contribution is -2.44. The molecule has 0 aliphatic carbocycles. The molecule has 58 heavy (non-hydrogen) atoms. The van der Waals surface area contributed by atoms with E-state index in [0.29, 0.717) is 54.5 Å². The molecule has 3 aromatic heterocycles. The van der Waals surface area contributed by atoms with Crippen LogP contribution in [0.5, 0.6) is 5.75 Å². The van der Waals surface area contributed by atoms with Crippen LogP contribution in [0.25, 0.3) is 32.9 Å². The number of halogens is 2. The zero-order valence-electron chi connectivity index (χ0n) is 34.1. The molecule has 1 N–H and O–H groups in total. The van der Waals surface area contributed by atoms with Crippen LogP contribution in [0.15, 0.2) is 48.5 Å². The first kappa shape index (κ1) is 39.9. The van der Waals surface area contributed by atoms with E-state index in [1.54, 1.807) is 22.6 Å². The maximum Gasteiger partial charge on any atom is 0.352 e. The van der Waals surface area contributed by atoms with Gasteiger partial charge in [0.2, 0.25) is 0 Å². The molecule has 1 fully saturated rings. The van der Waals surface area contributed by atoms with Crippen LogP contribution in [-0.4, -0.2) is 92.3 Å². The van der Waals surface area contributed by atoms with Crippen molar-refractivity contribution >= 4 is 62.6 Å². The van der Waals surface area contributed by atoms with Crippen LogP contribution in [-0.2, 0) is 20.0 Å². The Bertz CT molecular complexity index is 2580. The smallest absolute Gasteiger partial charge is 0.352 e. The predicted molar refractivity (Wildman–Crippen MR) is 231 cm³/mol. The number of fused-ring (bicyclic) bond motifs is 4. The highest BCUT2D eigenvalue weighted by Crippen LogP contribution is 2.45. The van der Waals surface area contributed by atoms with Gasteiger partial charge in [-0.05, 0) is 102 Å². The lowest BCUT2D eigenvalue weighted by atomic mass is 9.97. The zero-order chi connectivity index (χ0) is 41.2. The molecule has 1 atom stereocenters. The molecular weight excluding hydrogens is 773 g/mol. The lowest BCUT2D eigenvalue weighted by Gasteiger charge is -2.35. The summed E-state index contributed by atoms with van der Waals surface area (Å²) in [4.78, 5) is 44.0. The largest absolute Gasteiger partial charge is 0.494 e. The van der Waals surface area contributed by atoms with E-state index in [9.17, 15) is 9.90 Å². The van der Waals surface area contributed by atoms with Crippen molar-refractivity contribution < 1.29 is 19.4 Å². The van der Waals surface area contributed by atoms with Crippen molar-refractivity contribution in [2.24, 2.45) is 7.05 Å². The number of carbonyl (C=O) groups excluding carboxylic acids is 1. The normalized spacial score (nSPS) is 16.5. The number of carboxylic acids is 1. The minimum absolute atomic E-state index is 0.155. The van der Waals surface area contributed by atoms with Crippen molar-refractivity contribution in [1.29, 1.82) is 0 Å². The number of aromatic nitrogens is 4. The second kappa shape index (κ2) is 15.7. The van der Waals surface area contributed by atoms with E-state index >= 15 is 4.79 Å². The Balaban J connectivity index is 1.24. The van der Waals surface area contributed by atoms with E-state index < -0.39 is 5.97 Å². The summed E-state index contributed by atoms with van der Waals surface area (Å²) < 4.78 is 10.1. The topological polar surface area (TPSA) is 109 Å². The van der Waals surface area contributed by atoms with E-state index in [0.717, 1.165) is 98.3 Å². The SMILES string of the molecule is Cc1cc(OCCCc2c3n(c4c(-c5c(C)nc(CN6CCN(C)CC6)nc5C)c(Cl)ccc24)[C@H](C)CN(c2cccc4cc(C(=O)O)n(C)c24)C3=O)cc(C)c1Cl. The number of rotatable bonds is 10. The molecule has 5 heterocycles.